The maximum absolute atomic E-state index is 13.7. The first kappa shape index (κ1) is 41.5. The van der Waals surface area contributed by atoms with Crippen LogP contribution in [0.15, 0.2) is 60.8 Å². The van der Waals surface area contributed by atoms with Gasteiger partial charge in [0.1, 0.15) is 22.7 Å². The smallest absolute Gasteiger partial charge is 0.410 e. The van der Waals surface area contributed by atoms with E-state index in [0.717, 1.165) is 47.9 Å². The molecule has 11 heteroatoms. The number of carbonyl (C=O) groups excluding carboxylic acids is 3. The van der Waals surface area contributed by atoms with Crippen LogP contribution in [-0.2, 0) is 25.1 Å². The van der Waals surface area contributed by atoms with Crippen LogP contribution in [-0.4, -0.2) is 68.1 Å². The number of anilines is 1. The highest BCUT2D eigenvalue weighted by atomic mass is 28.4. The topological polar surface area (TPSA) is 116 Å². The molecule has 0 radical (unpaired) electrons. The third kappa shape index (κ3) is 12.1. The number of rotatable bonds is 13. The molecule has 288 valence electrons. The van der Waals surface area contributed by atoms with Crippen molar-refractivity contribution >= 4 is 32.1 Å². The van der Waals surface area contributed by atoms with Crippen LogP contribution in [0.1, 0.15) is 108 Å². The Hall–Kier alpha value is -4.22. The molecule has 0 saturated heterocycles. The molecule has 2 aromatic carbocycles. The summed E-state index contributed by atoms with van der Waals surface area (Å²) in [6, 6.07) is 17.5. The fraction of sp³-hybridized carbons (Fsp3) is 0.524. The Kier molecular flexibility index (Phi) is 13.9. The van der Waals surface area contributed by atoms with Crippen LogP contribution in [0.25, 0.3) is 11.1 Å². The van der Waals surface area contributed by atoms with Gasteiger partial charge in [-0.25, -0.2) is 14.6 Å². The summed E-state index contributed by atoms with van der Waals surface area (Å²) in [4.78, 5) is 44.1. The first-order chi connectivity index (χ1) is 24.8. The quantitative estimate of drug-likeness (QED) is 0.136. The van der Waals surface area contributed by atoms with Crippen molar-refractivity contribution in [3.8, 4) is 16.9 Å². The SMILES string of the molecule is COC(=O)c1ccc(-c2ccc(CCN(C[C@H](O[Si](C)(C)C(C)(C)C)c3ccc(NC(C)=O)nc3)C(=O)OC(C)(C)C)cc2)cc1OC1CCCCC1. The zero-order valence-electron chi connectivity index (χ0n) is 33.3. The predicted molar refractivity (Wildman–Crippen MR) is 212 cm³/mol. The number of aromatic nitrogens is 1. The van der Waals surface area contributed by atoms with Crippen LogP contribution in [0.3, 0.4) is 0 Å². The van der Waals surface area contributed by atoms with Crippen molar-refractivity contribution in [3.63, 3.8) is 0 Å². The molecule has 2 amide bonds. The maximum atomic E-state index is 13.7. The molecule has 53 heavy (non-hydrogen) atoms. The van der Waals surface area contributed by atoms with E-state index in [0.29, 0.717) is 30.1 Å². The van der Waals surface area contributed by atoms with Gasteiger partial charge < -0.3 is 28.9 Å². The molecule has 1 aliphatic rings. The zero-order valence-corrected chi connectivity index (χ0v) is 34.3. The predicted octanol–water partition coefficient (Wildman–Crippen LogP) is 9.75. The summed E-state index contributed by atoms with van der Waals surface area (Å²) in [5.74, 6) is 0.385. The fourth-order valence-corrected chi connectivity index (χ4v) is 7.22. The zero-order chi connectivity index (χ0) is 39.0. The summed E-state index contributed by atoms with van der Waals surface area (Å²) in [6.07, 6.45) is 6.91. The van der Waals surface area contributed by atoms with Crippen molar-refractivity contribution in [3.05, 3.63) is 77.5 Å². The van der Waals surface area contributed by atoms with E-state index in [4.69, 9.17) is 18.6 Å². The number of methoxy groups -OCH3 is 1. The van der Waals surface area contributed by atoms with Crippen LogP contribution in [0, 0.1) is 0 Å². The van der Waals surface area contributed by atoms with E-state index in [2.05, 4.69) is 68.4 Å². The first-order valence-corrected chi connectivity index (χ1v) is 21.6. The molecule has 3 aromatic rings. The average Bonchev–Trinajstić information content (AvgIpc) is 3.08. The number of esters is 1. The van der Waals surface area contributed by atoms with Gasteiger partial charge in [-0.15, -0.1) is 0 Å². The monoisotopic (exact) mass is 745 g/mol. The van der Waals surface area contributed by atoms with Gasteiger partial charge in [-0.05, 0) is 111 Å². The second-order valence-corrected chi connectivity index (χ2v) is 21.2. The van der Waals surface area contributed by atoms with E-state index in [9.17, 15) is 14.4 Å². The highest BCUT2D eigenvalue weighted by molar-refractivity contribution is 6.74. The molecule has 1 fully saturated rings. The summed E-state index contributed by atoms with van der Waals surface area (Å²) >= 11 is 0. The number of hydrogen-bond donors (Lipinski definition) is 1. The molecule has 1 saturated carbocycles. The average molecular weight is 746 g/mol. The van der Waals surface area contributed by atoms with E-state index in [1.807, 2.05) is 39.0 Å². The molecule has 1 aliphatic carbocycles. The van der Waals surface area contributed by atoms with Gasteiger partial charge in [-0.1, -0.05) is 63.6 Å². The third-order valence-electron chi connectivity index (χ3n) is 9.93. The van der Waals surface area contributed by atoms with Crippen LogP contribution < -0.4 is 10.1 Å². The lowest BCUT2D eigenvalue weighted by Crippen LogP contribution is -2.46. The lowest BCUT2D eigenvalue weighted by molar-refractivity contribution is -0.114. The van der Waals surface area contributed by atoms with Crippen molar-refractivity contribution in [2.75, 3.05) is 25.5 Å². The molecular weight excluding hydrogens is 687 g/mol. The minimum absolute atomic E-state index is 0.0737. The van der Waals surface area contributed by atoms with Gasteiger partial charge in [0, 0.05) is 19.7 Å². The summed E-state index contributed by atoms with van der Waals surface area (Å²) in [7, 11) is -0.921. The number of benzene rings is 2. The minimum Gasteiger partial charge on any atom is -0.490 e. The molecule has 1 N–H and O–H groups in total. The van der Waals surface area contributed by atoms with Crippen molar-refractivity contribution < 1.29 is 33.0 Å². The van der Waals surface area contributed by atoms with E-state index in [1.165, 1.54) is 20.5 Å². The normalized spacial score (nSPS) is 14.6. The Morgan fingerprint density at radius 2 is 1.58 bits per heavy atom. The van der Waals surface area contributed by atoms with E-state index >= 15 is 0 Å². The van der Waals surface area contributed by atoms with Gasteiger partial charge in [-0.3, -0.25) is 4.79 Å². The second kappa shape index (κ2) is 17.7. The number of hydrogen-bond acceptors (Lipinski definition) is 8. The van der Waals surface area contributed by atoms with Crippen LogP contribution in [0.4, 0.5) is 10.6 Å². The summed E-state index contributed by atoms with van der Waals surface area (Å²) in [5, 5.41) is 2.64. The number of carbonyl (C=O) groups is 3. The van der Waals surface area contributed by atoms with Gasteiger partial charge in [0.2, 0.25) is 5.91 Å². The molecule has 1 atom stereocenters. The van der Waals surface area contributed by atoms with E-state index in [-0.39, 0.29) is 23.6 Å². The van der Waals surface area contributed by atoms with Gasteiger partial charge in [0.25, 0.3) is 0 Å². The standard InChI is InChI=1S/C42H59N3O7Si/c1-29(46)44-38-23-21-33(27-43-38)37(52-53(9,10)42(5,6)7)28-45(40(48)51-41(2,3)4)25-24-30-16-18-31(19-17-30)32-20-22-35(39(47)49-8)36(26-32)50-34-14-12-11-13-15-34/h16-23,26-27,34,37H,11-15,24-25,28H2,1-10H3,(H,43,44,46)/t37-/m0/s1. The molecule has 10 nitrogen and oxygen atoms in total. The minimum atomic E-state index is -2.30. The maximum Gasteiger partial charge on any atom is 0.410 e. The van der Waals surface area contributed by atoms with Crippen LogP contribution in [0.2, 0.25) is 18.1 Å². The summed E-state index contributed by atoms with van der Waals surface area (Å²) in [5.41, 5.74) is 3.53. The highest BCUT2D eigenvalue weighted by Gasteiger charge is 2.40. The molecule has 0 aliphatic heterocycles. The first-order valence-electron chi connectivity index (χ1n) is 18.7. The van der Waals surface area contributed by atoms with Crippen molar-refractivity contribution in [1.29, 1.82) is 0 Å². The van der Waals surface area contributed by atoms with E-state index < -0.39 is 32.1 Å². The Bertz CT molecular complexity index is 1690. The van der Waals surface area contributed by atoms with Gasteiger partial charge in [0.15, 0.2) is 8.32 Å². The Balaban J connectivity index is 1.57. The van der Waals surface area contributed by atoms with Crippen molar-refractivity contribution in [1.82, 2.24) is 9.88 Å². The number of amides is 2. The lowest BCUT2D eigenvalue weighted by Gasteiger charge is -2.40. The number of nitrogens with zero attached hydrogens (tertiary/aromatic N) is 2. The van der Waals surface area contributed by atoms with Gasteiger partial charge in [0.05, 0.1) is 25.9 Å². The summed E-state index contributed by atoms with van der Waals surface area (Å²) in [6.45, 7) is 18.6. The highest BCUT2D eigenvalue weighted by Crippen LogP contribution is 2.40. The molecule has 1 aromatic heterocycles. The van der Waals surface area contributed by atoms with Crippen molar-refractivity contribution in [2.45, 2.75) is 123 Å². The molecule has 1 heterocycles. The van der Waals surface area contributed by atoms with Crippen LogP contribution >= 0.6 is 0 Å². The molecule has 0 spiro atoms. The number of nitrogens with one attached hydrogen (secondary N) is 1. The largest absolute Gasteiger partial charge is 0.490 e. The Morgan fingerprint density at radius 1 is 0.925 bits per heavy atom. The van der Waals surface area contributed by atoms with Crippen molar-refractivity contribution in [2.24, 2.45) is 0 Å². The number of ether oxygens (including phenoxy) is 3. The number of pyridine rings is 1. The Morgan fingerprint density at radius 3 is 2.15 bits per heavy atom. The molecular formula is C42H59N3O7Si. The van der Waals surface area contributed by atoms with E-state index in [1.54, 1.807) is 23.2 Å². The molecule has 0 bridgehead atoms. The second-order valence-electron chi connectivity index (χ2n) is 16.5. The fourth-order valence-electron chi connectivity index (χ4n) is 5.95. The molecule has 4 rings (SSSR count). The van der Waals surface area contributed by atoms with Crippen LogP contribution in [0.5, 0.6) is 5.75 Å². The lowest BCUT2D eigenvalue weighted by atomic mass is 9.97. The van der Waals surface area contributed by atoms with Gasteiger partial charge in [-0.2, -0.15) is 0 Å². The summed E-state index contributed by atoms with van der Waals surface area (Å²) < 4.78 is 24.3. The third-order valence-corrected chi connectivity index (χ3v) is 14.4. The molecule has 0 unspecified atom stereocenters. The Labute approximate surface area is 317 Å². The van der Waals surface area contributed by atoms with Gasteiger partial charge >= 0.3 is 12.1 Å².